The molecule has 4 aliphatic rings. The van der Waals surface area contributed by atoms with Crippen LogP contribution < -0.4 is 30.2 Å². The minimum absolute atomic E-state index is 0.226. The number of morpholine rings is 4. The lowest BCUT2D eigenvalue weighted by molar-refractivity contribution is 0.122. The summed E-state index contributed by atoms with van der Waals surface area (Å²) < 4.78 is 81.8. The monoisotopic (exact) mass is 1060 g/mol. The van der Waals surface area contributed by atoms with Crippen LogP contribution in [0.5, 0.6) is 0 Å². The van der Waals surface area contributed by atoms with Gasteiger partial charge < -0.3 is 49.2 Å². The molecule has 0 unspecified atom stereocenters. The molecule has 12 rings (SSSR count). The highest BCUT2D eigenvalue weighted by Gasteiger charge is 2.27. The lowest BCUT2D eigenvalue weighted by Gasteiger charge is -2.32. The molecule has 0 radical (unpaired) electrons. The third-order valence-electron chi connectivity index (χ3n) is 14.6. The first-order valence-corrected chi connectivity index (χ1v) is 26.3. The SMILES string of the molecule is Cc1ncccc1-c1nc2cc(F)cc(F)c2c(Nc2cc(N3CCOCC3)cnc2N2CCOCC2)c1C.Cc1ncccc1-c1nc2cc(F)cc(F)c2c(Nc2cc(N3CCOCC3)cnc2N2CCOCC2)c1C. The van der Waals surface area contributed by atoms with Gasteiger partial charge in [0.2, 0.25) is 0 Å². The molecule has 404 valence electrons. The molecule has 4 aliphatic heterocycles. The third-order valence-corrected chi connectivity index (χ3v) is 14.6. The third kappa shape index (κ3) is 10.9. The molecule has 8 aromatic rings. The van der Waals surface area contributed by atoms with Crippen LogP contribution in [0.15, 0.2) is 85.5 Å². The van der Waals surface area contributed by atoms with E-state index in [1.165, 1.54) is 12.1 Å². The van der Waals surface area contributed by atoms with Gasteiger partial charge in [0.25, 0.3) is 0 Å². The number of aromatic nitrogens is 6. The molecule has 0 saturated carbocycles. The molecule has 0 aliphatic carbocycles. The van der Waals surface area contributed by atoms with Gasteiger partial charge in [-0.1, -0.05) is 0 Å². The molecule has 2 aromatic carbocycles. The van der Waals surface area contributed by atoms with Crippen molar-refractivity contribution in [3.05, 3.63) is 131 Å². The van der Waals surface area contributed by atoms with Crippen LogP contribution in [0, 0.1) is 51.0 Å². The Morgan fingerprint density at radius 2 is 0.808 bits per heavy atom. The van der Waals surface area contributed by atoms with E-state index in [1.807, 2.05) is 76.5 Å². The summed E-state index contributed by atoms with van der Waals surface area (Å²) in [7, 11) is 0. The van der Waals surface area contributed by atoms with Gasteiger partial charge in [-0.2, -0.15) is 0 Å². The van der Waals surface area contributed by atoms with Crippen LogP contribution in [0.3, 0.4) is 0 Å². The van der Waals surface area contributed by atoms with Crippen molar-refractivity contribution in [3.63, 3.8) is 0 Å². The van der Waals surface area contributed by atoms with Crippen LogP contribution in [0.2, 0.25) is 0 Å². The Balaban J connectivity index is 0.000000165. The van der Waals surface area contributed by atoms with Gasteiger partial charge in [0, 0.05) is 112 Å². The van der Waals surface area contributed by atoms with Crippen LogP contribution in [0.1, 0.15) is 22.5 Å². The summed E-state index contributed by atoms with van der Waals surface area (Å²) in [5, 5.41) is 7.50. The topological polar surface area (TPSA) is 151 Å². The van der Waals surface area contributed by atoms with Crippen molar-refractivity contribution in [3.8, 4) is 22.5 Å². The van der Waals surface area contributed by atoms with E-state index in [-0.39, 0.29) is 21.8 Å². The maximum Gasteiger partial charge on any atom is 0.152 e. The standard InChI is InChI=1S/2C29H30F2N6O2/c2*1-18-27(22-4-3-5-32-19(22)2)34-24-15-20(30)14-23(31)26(24)28(18)35-25-16-21(36-6-10-38-11-7-36)17-33-29(25)37-8-12-39-13-9-37/h2*3-5,14-17H,6-13H2,1-2H3,(H,34,35). The normalized spacial score (nSPS) is 16.1. The quantitative estimate of drug-likeness (QED) is 0.125. The van der Waals surface area contributed by atoms with Crippen LogP contribution in [-0.2, 0) is 18.9 Å². The molecule has 6 aromatic heterocycles. The summed E-state index contributed by atoms with van der Waals surface area (Å²) in [6, 6.07) is 15.9. The summed E-state index contributed by atoms with van der Waals surface area (Å²) in [5.74, 6) is -1.21. The highest BCUT2D eigenvalue weighted by Crippen LogP contribution is 2.42. The van der Waals surface area contributed by atoms with Crippen LogP contribution in [-0.4, -0.2) is 135 Å². The van der Waals surface area contributed by atoms with Crippen LogP contribution in [0.4, 0.5) is 63.3 Å². The first kappa shape index (κ1) is 52.3. The van der Waals surface area contributed by atoms with E-state index in [4.69, 9.17) is 38.9 Å². The Morgan fingerprint density at radius 1 is 0.449 bits per heavy atom. The molecule has 78 heavy (non-hydrogen) atoms. The van der Waals surface area contributed by atoms with E-state index >= 15 is 8.78 Å². The molecule has 0 atom stereocenters. The average molecular weight is 1070 g/mol. The summed E-state index contributed by atoms with van der Waals surface area (Å²) in [5.41, 5.74) is 10.7. The molecule has 0 spiro atoms. The fraction of sp³-hybridized carbons (Fsp3) is 0.345. The highest BCUT2D eigenvalue weighted by molar-refractivity contribution is 6.01. The number of benzene rings is 2. The van der Waals surface area contributed by atoms with Gasteiger partial charge >= 0.3 is 0 Å². The minimum atomic E-state index is -0.679. The summed E-state index contributed by atoms with van der Waals surface area (Å²) in [6.45, 7) is 18.3. The number of nitrogens with zero attached hydrogens (tertiary/aromatic N) is 10. The number of fused-ring (bicyclic) bond motifs is 2. The Hall–Kier alpha value is -7.78. The zero-order valence-electron chi connectivity index (χ0n) is 44.0. The first-order valence-electron chi connectivity index (χ1n) is 26.3. The molecule has 0 bridgehead atoms. The van der Waals surface area contributed by atoms with Gasteiger partial charge in [-0.3, -0.25) is 9.97 Å². The predicted molar refractivity (Wildman–Crippen MR) is 296 cm³/mol. The lowest BCUT2D eigenvalue weighted by atomic mass is 10.00. The van der Waals surface area contributed by atoms with Crippen molar-refractivity contribution in [1.82, 2.24) is 29.9 Å². The number of hydrogen-bond acceptors (Lipinski definition) is 16. The van der Waals surface area contributed by atoms with Crippen molar-refractivity contribution in [2.75, 3.05) is 135 Å². The number of ether oxygens (including phenoxy) is 4. The van der Waals surface area contributed by atoms with E-state index in [1.54, 1.807) is 12.4 Å². The Bertz CT molecular complexity index is 3270. The first-order chi connectivity index (χ1) is 38.0. The van der Waals surface area contributed by atoms with E-state index in [2.05, 4.69) is 40.2 Å². The van der Waals surface area contributed by atoms with Crippen molar-refractivity contribution in [2.24, 2.45) is 0 Å². The van der Waals surface area contributed by atoms with Crippen LogP contribution >= 0.6 is 0 Å². The van der Waals surface area contributed by atoms with E-state index in [0.29, 0.717) is 102 Å². The number of anilines is 8. The molecule has 10 heterocycles. The minimum Gasteiger partial charge on any atom is -0.378 e. The van der Waals surface area contributed by atoms with Crippen LogP contribution in [0.25, 0.3) is 44.3 Å². The summed E-state index contributed by atoms with van der Waals surface area (Å²) >= 11 is 0. The number of pyridine rings is 6. The lowest BCUT2D eigenvalue weighted by Crippen LogP contribution is -2.38. The number of hydrogen-bond donors (Lipinski definition) is 2. The molecule has 20 heteroatoms. The largest absolute Gasteiger partial charge is 0.378 e. The Morgan fingerprint density at radius 3 is 1.17 bits per heavy atom. The number of nitrogens with one attached hydrogen (secondary N) is 2. The predicted octanol–water partition coefficient (Wildman–Crippen LogP) is 10.0. The smallest absolute Gasteiger partial charge is 0.152 e. The zero-order valence-corrected chi connectivity index (χ0v) is 44.0. The number of rotatable bonds is 10. The number of aryl methyl sites for hydroxylation is 2. The van der Waals surface area contributed by atoms with E-state index in [0.717, 1.165) is 106 Å². The average Bonchev–Trinajstić information content (AvgIpc) is 3.62. The molecular formula is C58H60F4N12O4. The zero-order chi connectivity index (χ0) is 53.9. The Labute approximate surface area is 449 Å². The van der Waals surface area contributed by atoms with Gasteiger partial charge in [0.05, 0.1) is 133 Å². The van der Waals surface area contributed by atoms with Gasteiger partial charge in [-0.25, -0.2) is 37.5 Å². The van der Waals surface area contributed by atoms with Crippen molar-refractivity contribution >= 4 is 67.6 Å². The maximum absolute atomic E-state index is 15.4. The van der Waals surface area contributed by atoms with Crippen molar-refractivity contribution in [1.29, 1.82) is 0 Å². The van der Waals surface area contributed by atoms with E-state index < -0.39 is 23.3 Å². The summed E-state index contributed by atoms with van der Waals surface area (Å²) in [6.07, 6.45) is 7.18. The molecule has 0 amide bonds. The molecule has 4 saturated heterocycles. The second-order valence-corrected chi connectivity index (χ2v) is 19.5. The maximum atomic E-state index is 15.4. The molecule has 16 nitrogen and oxygen atoms in total. The highest BCUT2D eigenvalue weighted by atomic mass is 19.1. The molecular weight excluding hydrogens is 1000 g/mol. The number of halogens is 4. The van der Waals surface area contributed by atoms with Gasteiger partial charge in [-0.05, 0) is 75.2 Å². The fourth-order valence-electron chi connectivity index (χ4n) is 10.5. The van der Waals surface area contributed by atoms with Crippen molar-refractivity contribution in [2.45, 2.75) is 27.7 Å². The second-order valence-electron chi connectivity index (χ2n) is 19.5. The molecule has 2 N–H and O–H groups in total. The van der Waals surface area contributed by atoms with Gasteiger partial charge in [-0.15, -0.1) is 0 Å². The van der Waals surface area contributed by atoms with Gasteiger partial charge in [0.15, 0.2) is 11.6 Å². The van der Waals surface area contributed by atoms with Gasteiger partial charge in [0.1, 0.15) is 23.3 Å². The molecule has 4 fully saturated rings. The Kier molecular flexibility index (Phi) is 15.5. The van der Waals surface area contributed by atoms with Crippen molar-refractivity contribution < 1.29 is 36.5 Å². The fourth-order valence-corrected chi connectivity index (χ4v) is 10.5. The van der Waals surface area contributed by atoms with E-state index in [9.17, 15) is 8.78 Å². The second kappa shape index (κ2) is 23.1. The summed E-state index contributed by atoms with van der Waals surface area (Å²) in [4.78, 5) is 36.7.